The Morgan fingerprint density at radius 2 is 2.22 bits per heavy atom. The normalized spacial score (nSPS) is 30.6. The first kappa shape index (κ1) is 11.8. The van der Waals surface area contributed by atoms with E-state index in [1.54, 1.807) is 0 Å². The quantitative estimate of drug-likeness (QED) is 0.617. The summed E-state index contributed by atoms with van der Waals surface area (Å²) in [6, 6.07) is 0. The second-order valence-corrected chi connectivity index (χ2v) is 5.20. The number of rotatable bonds is 3. The summed E-state index contributed by atoms with van der Waals surface area (Å²) in [5, 5.41) is 9.69. The number of aliphatic hydroxyl groups excluding tert-OH is 1. The maximum absolute atomic E-state index is 11.9. The molecule has 1 heterocycles. The van der Waals surface area contributed by atoms with Crippen molar-refractivity contribution in [3.05, 3.63) is 23.0 Å². The summed E-state index contributed by atoms with van der Waals surface area (Å²) in [6.07, 6.45) is 7.66. The molecule has 0 aromatic heterocycles. The molecule has 0 spiro atoms. The first-order valence-corrected chi connectivity index (χ1v) is 6.67. The molecule has 1 saturated heterocycles. The molecule has 3 rings (SSSR count). The Hall–Kier alpha value is -1.29. The minimum Gasteiger partial charge on any atom is -0.512 e. The molecule has 1 fully saturated rings. The molecule has 0 saturated carbocycles. The molecular weight excluding hydrogens is 232 g/mol. The predicted octanol–water partition coefficient (Wildman–Crippen LogP) is 2.40. The van der Waals surface area contributed by atoms with E-state index in [-0.39, 0.29) is 18.7 Å². The number of carbonyl (C=O) groups is 1. The van der Waals surface area contributed by atoms with Gasteiger partial charge in [0.25, 0.3) is 0 Å². The summed E-state index contributed by atoms with van der Waals surface area (Å²) < 4.78 is 10.6. The molecule has 3 aliphatic rings. The number of aliphatic hydroxyl groups is 1. The van der Waals surface area contributed by atoms with Gasteiger partial charge < -0.3 is 14.6 Å². The molecule has 4 heteroatoms. The first-order valence-electron chi connectivity index (χ1n) is 6.67. The molecule has 2 aliphatic carbocycles. The fourth-order valence-electron chi connectivity index (χ4n) is 2.64. The summed E-state index contributed by atoms with van der Waals surface area (Å²) >= 11 is 0. The van der Waals surface area contributed by atoms with Gasteiger partial charge in [-0.25, -0.2) is 4.79 Å². The number of allylic oxidation sites excluding steroid dienone is 1. The highest BCUT2D eigenvalue weighted by Crippen LogP contribution is 2.35. The zero-order chi connectivity index (χ0) is 12.5. The van der Waals surface area contributed by atoms with E-state index in [1.807, 2.05) is 6.08 Å². The first-order chi connectivity index (χ1) is 8.74. The van der Waals surface area contributed by atoms with Crippen molar-refractivity contribution in [1.29, 1.82) is 0 Å². The van der Waals surface area contributed by atoms with Crippen molar-refractivity contribution in [2.75, 3.05) is 6.61 Å². The van der Waals surface area contributed by atoms with Gasteiger partial charge in [0.15, 0.2) is 0 Å². The third kappa shape index (κ3) is 2.43. The van der Waals surface area contributed by atoms with Crippen LogP contribution >= 0.6 is 0 Å². The van der Waals surface area contributed by atoms with E-state index in [9.17, 15) is 9.90 Å². The van der Waals surface area contributed by atoms with Crippen molar-refractivity contribution in [2.45, 2.75) is 50.7 Å². The summed E-state index contributed by atoms with van der Waals surface area (Å²) in [5.74, 6) is 0.159. The number of ether oxygens (including phenoxy) is 2. The zero-order valence-electron chi connectivity index (χ0n) is 10.4. The molecule has 2 atom stereocenters. The van der Waals surface area contributed by atoms with Crippen LogP contribution in [0.1, 0.15) is 38.5 Å². The molecular formula is C14H18O4. The van der Waals surface area contributed by atoms with Gasteiger partial charge in [-0.15, -0.1) is 0 Å². The number of esters is 1. The van der Waals surface area contributed by atoms with Gasteiger partial charge in [0.2, 0.25) is 0 Å². The lowest BCUT2D eigenvalue weighted by Crippen LogP contribution is -2.16. The van der Waals surface area contributed by atoms with Gasteiger partial charge in [0.1, 0.15) is 12.7 Å². The van der Waals surface area contributed by atoms with E-state index >= 15 is 0 Å². The van der Waals surface area contributed by atoms with Crippen LogP contribution in [0.3, 0.4) is 0 Å². The van der Waals surface area contributed by atoms with E-state index < -0.39 is 0 Å². The van der Waals surface area contributed by atoms with Crippen molar-refractivity contribution in [3.63, 3.8) is 0 Å². The van der Waals surface area contributed by atoms with Gasteiger partial charge in [0.05, 0.1) is 11.9 Å². The second kappa shape index (κ2) is 4.76. The predicted molar refractivity (Wildman–Crippen MR) is 65.1 cm³/mol. The van der Waals surface area contributed by atoms with Crippen molar-refractivity contribution in [3.8, 4) is 0 Å². The molecule has 4 nitrogen and oxygen atoms in total. The minimum atomic E-state index is -0.255. The van der Waals surface area contributed by atoms with Crippen molar-refractivity contribution >= 4 is 5.97 Å². The van der Waals surface area contributed by atoms with Crippen molar-refractivity contribution in [2.24, 2.45) is 0 Å². The Labute approximate surface area is 106 Å². The average molecular weight is 250 g/mol. The Balaban J connectivity index is 1.55. The van der Waals surface area contributed by atoms with Crippen LogP contribution in [-0.2, 0) is 14.3 Å². The second-order valence-electron chi connectivity index (χ2n) is 5.20. The molecule has 98 valence electrons. The minimum absolute atomic E-state index is 0.142. The third-order valence-corrected chi connectivity index (χ3v) is 3.88. The van der Waals surface area contributed by atoms with Crippen molar-refractivity contribution < 1.29 is 19.4 Å². The lowest BCUT2D eigenvalue weighted by Gasteiger charge is -2.17. The summed E-state index contributed by atoms with van der Waals surface area (Å²) in [7, 11) is 0. The van der Waals surface area contributed by atoms with Crippen LogP contribution in [0.5, 0.6) is 0 Å². The van der Waals surface area contributed by atoms with Gasteiger partial charge in [-0.2, -0.15) is 0 Å². The van der Waals surface area contributed by atoms with Crippen LogP contribution in [-0.4, -0.2) is 29.9 Å². The van der Waals surface area contributed by atoms with Crippen LogP contribution in [0.2, 0.25) is 0 Å². The SMILES string of the molecule is O=C(OCC1=C(O)CCCC1)C1=CC2OC2CC1. The fourth-order valence-corrected chi connectivity index (χ4v) is 2.64. The van der Waals surface area contributed by atoms with Gasteiger partial charge >= 0.3 is 5.97 Å². The van der Waals surface area contributed by atoms with Gasteiger partial charge in [-0.1, -0.05) is 0 Å². The van der Waals surface area contributed by atoms with Gasteiger partial charge in [0, 0.05) is 17.6 Å². The van der Waals surface area contributed by atoms with E-state index in [2.05, 4.69) is 0 Å². The molecule has 0 aromatic rings. The highest BCUT2D eigenvalue weighted by molar-refractivity contribution is 5.89. The molecule has 0 amide bonds. The summed E-state index contributed by atoms with van der Waals surface area (Å²) in [6.45, 7) is 0.233. The zero-order valence-corrected chi connectivity index (χ0v) is 10.4. The molecule has 18 heavy (non-hydrogen) atoms. The molecule has 2 unspecified atom stereocenters. The van der Waals surface area contributed by atoms with E-state index in [0.717, 1.165) is 43.3 Å². The Bertz CT molecular complexity index is 422. The van der Waals surface area contributed by atoms with Crippen LogP contribution < -0.4 is 0 Å². The third-order valence-electron chi connectivity index (χ3n) is 3.88. The topological polar surface area (TPSA) is 59.1 Å². The Morgan fingerprint density at radius 3 is 3.00 bits per heavy atom. The highest BCUT2D eigenvalue weighted by atomic mass is 16.6. The van der Waals surface area contributed by atoms with E-state index in [4.69, 9.17) is 9.47 Å². The van der Waals surface area contributed by atoms with Gasteiger partial charge in [-0.05, 0) is 38.2 Å². The van der Waals surface area contributed by atoms with Gasteiger partial charge in [-0.3, -0.25) is 0 Å². The smallest absolute Gasteiger partial charge is 0.334 e. The van der Waals surface area contributed by atoms with E-state index in [0.29, 0.717) is 18.3 Å². The Kier molecular flexibility index (Phi) is 3.12. The molecule has 1 N–H and O–H groups in total. The highest BCUT2D eigenvalue weighted by Gasteiger charge is 2.41. The largest absolute Gasteiger partial charge is 0.512 e. The summed E-state index contributed by atoms with van der Waals surface area (Å²) in [5.41, 5.74) is 1.61. The summed E-state index contributed by atoms with van der Waals surface area (Å²) in [4.78, 5) is 11.9. The monoisotopic (exact) mass is 250 g/mol. The Morgan fingerprint density at radius 1 is 1.39 bits per heavy atom. The van der Waals surface area contributed by atoms with Crippen LogP contribution in [0, 0.1) is 0 Å². The molecule has 0 bridgehead atoms. The molecule has 1 aliphatic heterocycles. The average Bonchev–Trinajstić information content (AvgIpc) is 3.15. The maximum Gasteiger partial charge on any atom is 0.334 e. The number of carbonyl (C=O) groups excluding carboxylic acids is 1. The van der Waals surface area contributed by atoms with Crippen LogP contribution in [0.15, 0.2) is 23.0 Å². The van der Waals surface area contributed by atoms with Crippen LogP contribution in [0.25, 0.3) is 0 Å². The molecule has 0 radical (unpaired) electrons. The maximum atomic E-state index is 11.9. The standard InChI is InChI=1S/C14H18O4/c15-11-4-2-1-3-10(11)8-17-14(16)9-5-6-12-13(7-9)18-12/h7,12-13,15H,1-6,8H2. The number of hydrogen-bond donors (Lipinski definition) is 1. The lowest BCUT2D eigenvalue weighted by atomic mass is 9.98. The van der Waals surface area contributed by atoms with Crippen LogP contribution in [0.4, 0.5) is 0 Å². The lowest BCUT2D eigenvalue weighted by molar-refractivity contribution is -0.138. The van der Waals surface area contributed by atoms with E-state index in [1.165, 1.54) is 0 Å². The fraction of sp³-hybridized carbons (Fsp3) is 0.643. The number of fused-ring (bicyclic) bond motifs is 1. The number of epoxide rings is 1. The number of hydrogen-bond acceptors (Lipinski definition) is 4. The van der Waals surface area contributed by atoms with Crippen molar-refractivity contribution in [1.82, 2.24) is 0 Å². The molecule has 0 aromatic carbocycles.